The number of methoxy groups -OCH3 is 1. The molecule has 98 valence electrons. The number of ketones is 1. The third-order valence-electron chi connectivity index (χ3n) is 3.14. The minimum absolute atomic E-state index is 0.0542. The Balaban J connectivity index is 2.92. The molecule has 0 spiro atoms. The second-order valence-corrected chi connectivity index (χ2v) is 4.65. The Morgan fingerprint density at radius 2 is 1.83 bits per heavy atom. The van der Waals surface area contributed by atoms with Crippen molar-refractivity contribution < 1.29 is 14.3 Å². The van der Waals surface area contributed by atoms with E-state index < -0.39 is 11.5 Å². The molecule has 0 saturated carbocycles. The Bertz CT molecular complexity index is 428. The highest BCUT2D eigenvalue weighted by molar-refractivity contribution is 6.00. The van der Waals surface area contributed by atoms with Gasteiger partial charge in [-0.25, -0.2) is 0 Å². The van der Waals surface area contributed by atoms with Crippen molar-refractivity contribution in [3.05, 3.63) is 35.9 Å². The molecule has 18 heavy (non-hydrogen) atoms. The summed E-state index contributed by atoms with van der Waals surface area (Å²) < 4.78 is 4.70. The van der Waals surface area contributed by atoms with Crippen molar-refractivity contribution in [1.29, 1.82) is 0 Å². The summed E-state index contributed by atoms with van der Waals surface area (Å²) in [7, 11) is 1.28. The van der Waals surface area contributed by atoms with Crippen LogP contribution in [-0.2, 0) is 9.53 Å². The second-order valence-electron chi connectivity index (χ2n) is 4.65. The molecule has 4 heteroatoms. The number of Topliss-reactive ketones (excluding diaryl/α,β-unsaturated/α-hetero) is 1. The summed E-state index contributed by atoms with van der Waals surface area (Å²) in [4.78, 5) is 23.8. The molecule has 0 aromatic heterocycles. The van der Waals surface area contributed by atoms with E-state index in [0.717, 1.165) is 0 Å². The molecule has 0 aliphatic heterocycles. The lowest BCUT2D eigenvalue weighted by molar-refractivity contribution is -0.148. The molecular formula is C14H19NO3. The number of ether oxygens (including phenoxy) is 1. The molecule has 0 saturated heterocycles. The Morgan fingerprint density at radius 1 is 1.28 bits per heavy atom. The van der Waals surface area contributed by atoms with Gasteiger partial charge in [0.1, 0.15) is 5.54 Å². The van der Waals surface area contributed by atoms with E-state index in [9.17, 15) is 9.59 Å². The number of hydrogen-bond donors (Lipinski definition) is 1. The van der Waals surface area contributed by atoms with E-state index >= 15 is 0 Å². The van der Waals surface area contributed by atoms with Gasteiger partial charge in [-0.2, -0.15) is 0 Å². The van der Waals surface area contributed by atoms with E-state index in [1.807, 2.05) is 6.07 Å². The van der Waals surface area contributed by atoms with Crippen molar-refractivity contribution in [3.8, 4) is 0 Å². The minimum Gasteiger partial charge on any atom is -0.468 e. The molecule has 0 aliphatic rings. The lowest BCUT2D eigenvalue weighted by atomic mass is 9.81. The molecule has 1 aromatic rings. The molecule has 1 aromatic carbocycles. The fraction of sp³-hybridized carbons (Fsp3) is 0.429. The molecule has 1 atom stereocenters. The summed E-state index contributed by atoms with van der Waals surface area (Å²) in [5.74, 6) is -0.892. The SMILES string of the molecule is COC(=O)[C@](N)(CC(=O)c1ccccc1)C(C)C. The van der Waals surface area contributed by atoms with Gasteiger partial charge in [0.05, 0.1) is 7.11 Å². The Kier molecular flexibility index (Phi) is 4.62. The molecule has 0 amide bonds. The lowest BCUT2D eigenvalue weighted by Gasteiger charge is -2.29. The average Bonchev–Trinajstić information content (AvgIpc) is 2.38. The first-order valence-corrected chi connectivity index (χ1v) is 5.87. The summed E-state index contributed by atoms with van der Waals surface area (Å²) in [6, 6.07) is 8.80. The summed E-state index contributed by atoms with van der Waals surface area (Å²) in [5.41, 5.74) is 5.31. The predicted octanol–water partition coefficient (Wildman–Crippen LogP) is 1.79. The number of hydrogen-bond acceptors (Lipinski definition) is 4. The smallest absolute Gasteiger partial charge is 0.326 e. The number of carbonyl (C=O) groups excluding carboxylic acids is 2. The first-order valence-electron chi connectivity index (χ1n) is 5.87. The van der Waals surface area contributed by atoms with Crippen molar-refractivity contribution in [3.63, 3.8) is 0 Å². The third kappa shape index (κ3) is 2.96. The van der Waals surface area contributed by atoms with Crippen molar-refractivity contribution in [2.75, 3.05) is 7.11 Å². The first-order chi connectivity index (χ1) is 8.41. The van der Waals surface area contributed by atoms with Crippen LogP contribution >= 0.6 is 0 Å². The molecule has 4 nitrogen and oxygen atoms in total. The third-order valence-corrected chi connectivity index (χ3v) is 3.14. The largest absolute Gasteiger partial charge is 0.468 e. The quantitative estimate of drug-likeness (QED) is 0.638. The number of nitrogens with two attached hydrogens (primary N) is 1. The average molecular weight is 249 g/mol. The molecule has 0 bridgehead atoms. The molecule has 0 aliphatic carbocycles. The number of rotatable bonds is 5. The summed E-state index contributed by atoms with van der Waals surface area (Å²) in [5, 5.41) is 0. The van der Waals surface area contributed by atoms with Crippen LogP contribution in [0.25, 0.3) is 0 Å². The summed E-state index contributed by atoms with van der Waals surface area (Å²) >= 11 is 0. The molecule has 2 N–H and O–H groups in total. The van der Waals surface area contributed by atoms with E-state index in [0.29, 0.717) is 5.56 Å². The maximum atomic E-state index is 12.1. The molecule has 0 radical (unpaired) electrons. The van der Waals surface area contributed by atoms with E-state index in [1.165, 1.54) is 7.11 Å². The fourth-order valence-corrected chi connectivity index (χ4v) is 1.69. The van der Waals surface area contributed by atoms with Crippen LogP contribution in [0.1, 0.15) is 30.6 Å². The summed E-state index contributed by atoms with van der Waals surface area (Å²) in [6.45, 7) is 3.60. The van der Waals surface area contributed by atoms with Crippen LogP contribution in [0.5, 0.6) is 0 Å². The van der Waals surface area contributed by atoms with Crippen molar-refractivity contribution in [2.45, 2.75) is 25.8 Å². The van der Waals surface area contributed by atoms with E-state index in [2.05, 4.69) is 0 Å². The first kappa shape index (κ1) is 14.4. The second kappa shape index (κ2) is 5.78. The highest BCUT2D eigenvalue weighted by Crippen LogP contribution is 2.22. The van der Waals surface area contributed by atoms with Crippen LogP contribution in [0.2, 0.25) is 0 Å². The maximum absolute atomic E-state index is 12.1. The monoisotopic (exact) mass is 249 g/mol. The predicted molar refractivity (Wildman–Crippen MR) is 69.2 cm³/mol. The van der Waals surface area contributed by atoms with Gasteiger partial charge in [0.2, 0.25) is 0 Å². The van der Waals surface area contributed by atoms with Gasteiger partial charge in [-0.1, -0.05) is 44.2 Å². The van der Waals surface area contributed by atoms with Gasteiger partial charge < -0.3 is 10.5 Å². The Hall–Kier alpha value is -1.68. The van der Waals surface area contributed by atoms with Crippen molar-refractivity contribution >= 4 is 11.8 Å². The van der Waals surface area contributed by atoms with Gasteiger partial charge >= 0.3 is 5.97 Å². The van der Waals surface area contributed by atoms with Crippen LogP contribution in [0.3, 0.4) is 0 Å². The molecule has 0 heterocycles. The number of carbonyl (C=O) groups is 2. The maximum Gasteiger partial charge on any atom is 0.326 e. The Morgan fingerprint density at radius 3 is 2.28 bits per heavy atom. The van der Waals surface area contributed by atoms with Crippen LogP contribution < -0.4 is 5.73 Å². The van der Waals surface area contributed by atoms with Gasteiger partial charge in [-0.15, -0.1) is 0 Å². The topological polar surface area (TPSA) is 69.4 Å². The lowest BCUT2D eigenvalue weighted by Crippen LogP contribution is -2.54. The molecule has 0 unspecified atom stereocenters. The van der Waals surface area contributed by atoms with Gasteiger partial charge in [0.15, 0.2) is 5.78 Å². The zero-order chi connectivity index (χ0) is 13.8. The van der Waals surface area contributed by atoms with Gasteiger partial charge in [-0.05, 0) is 5.92 Å². The van der Waals surface area contributed by atoms with Gasteiger partial charge in [0.25, 0.3) is 0 Å². The number of benzene rings is 1. The number of esters is 1. The summed E-state index contributed by atoms with van der Waals surface area (Å²) in [6.07, 6.45) is -0.0542. The van der Waals surface area contributed by atoms with Crippen molar-refractivity contribution in [2.24, 2.45) is 11.7 Å². The van der Waals surface area contributed by atoms with Crippen molar-refractivity contribution in [1.82, 2.24) is 0 Å². The van der Waals surface area contributed by atoms with Crippen LogP contribution in [0.15, 0.2) is 30.3 Å². The highest BCUT2D eigenvalue weighted by atomic mass is 16.5. The molecule has 0 fully saturated rings. The van der Waals surface area contributed by atoms with E-state index in [1.54, 1.807) is 38.1 Å². The zero-order valence-corrected chi connectivity index (χ0v) is 11.0. The van der Waals surface area contributed by atoms with Crippen LogP contribution in [0.4, 0.5) is 0 Å². The standard InChI is InChI=1S/C14H19NO3/c1-10(2)14(15,13(17)18-3)9-12(16)11-7-5-4-6-8-11/h4-8,10H,9,15H2,1-3H3/t14-/m0/s1. The van der Waals surface area contributed by atoms with Gasteiger partial charge in [-0.3, -0.25) is 9.59 Å². The minimum atomic E-state index is -1.28. The van der Waals surface area contributed by atoms with Crippen LogP contribution in [-0.4, -0.2) is 24.4 Å². The highest BCUT2D eigenvalue weighted by Gasteiger charge is 2.40. The zero-order valence-electron chi connectivity index (χ0n) is 11.0. The van der Waals surface area contributed by atoms with Crippen LogP contribution in [0, 0.1) is 5.92 Å². The molecular weight excluding hydrogens is 230 g/mol. The molecule has 1 rings (SSSR count). The van der Waals surface area contributed by atoms with Gasteiger partial charge in [0, 0.05) is 12.0 Å². The fourth-order valence-electron chi connectivity index (χ4n) is 1.69. The Labute approximate surface area is 107 Å². The van der Waals surface area contributed by atoms with E-state index in [-0.39, 0.29) is 18.1 Å². The normalized spacial score (nSPS) is 14.1. The van der Waals surface area contributed by atoms with E-state index in [4.69, 9.17) is 10.5 Å².